The molecule has 0 unspecified atom stereocenters. The number of hydrogen-bond donors (Lipinski definition) is 0. The minimum atomic E-state index is 0.416. The lowest BCUT2D eigenvalue weighted by molar-refractivity contribution is 0.354. The van der Waals surface area contributed by atoms with Gasteiger partial charge in [0, 0.05) is 28.2 Å². The predicted octanol–water partition coefficient (Wildman–Crippen LogP) is 1.13. The minimum Gasteiger partial charge on any atom is -0.455 e. The van der Waals surface area contributed by atoms with Crippen molar-refractivity contribution in [2.75, 3.05) is 28.2 Å². The van der Waals surface area contributed by atoms with Gasteiger partial charge in [0.05, 0.1) is 12.4 Å². The van der Waals surface area contributed by atoms with Crippen LogP contribution in [0.5, 0.6) is 0 Å². The van der Waals surface area contributed by atoms with Gasteiger partial charge in [-0.1, -0.05) is 13.2 Å². The number of hydrazone groups is 2. The highest BCUT2D eigenvalue weighted by atomic mass is 16.5. The molecule has 0 aromatic rings. The van der Waals surface area contributed by atoms with Crippen LogP contribution >= 0.6 is 0 Å². The Labute approximate surface area is 91.0 Å². The van der Waals surface area contributed by atoms with Gasteiger partial charge < -0.3 is 14.8 Å². The first-order valence-electron chi connectivity index (χ1n) is 4.40. The van der Waals surface area contributed by atoms with Gasteiger partial charge in [-0.3, -0.25) is 0 Å². The smallest absolute Gasteiger partial charge is 0.140 e. The van der Waals surface area contributed by atoms with Crippen LogP contribution in [0.3, 0.4) is 0 Å². The molecule has 0 rings (SSSR count). The summed E-state index contributed by atoms with van der Waals surface area (Å²) in [6.07, 6.45) is 3.02. The molecule has 5 nitrogen and oxygen atoms in total. The normalized spacial score (nSPS) is 10.7. The second kappa shape index (κ2) is 6.64. The Hall–Kier alpha value is -1.78. The summed E-state index contributed by atoms with van der Waals surface area (Å²) in [5.74, 6) is 0.831. The molecule has 0 aliphatic heterocycles. The van der Waals surface area contributed by atoms with Crippen molar-refractivity contribution in [3.8, 4) is 0 Å². The first-order chi connectivity index (χ1) is 6.91. The minimum absolute atomic E-state index is 0.416. The Morgan fingerprint density at radius 3 is 1.53 bits per heavy atom. The van der Waals surface area contributed by atoms with Gasteiger partial charge in [-0.05, 0) is 0 Å². The van der Waals surface area contributed by atoms with Gasteiger partial charge in [0.2, 0.25) is 0 Å². The summed E-state index contributed by atoms with van der Waals surface area (Å²) in [4.78, 5) is 0. The zero-order valence-corrected chi connectivity index (χ0v) is 9.77. The van der Waals surface area contributed by atoms with Crippen LogP contribution < -0.4 is 0 Å². The molecule has 84 valence electrons. The fourth-order valence-electron chi connectivity index (χ4n) is 0.581. The molecule has 0 radical (unpaired) electrons. The van der Waals surface area contributed by atoms with Crippen molar-refractivity contribution < 1.29 is 4.74 Å². The number of nitrogens with zero attached hydrogens (tertiary/aromatic N) is 4. The van der Waals surface area contributed by atoms with E-state index in [0.29, 0.717) is 11.5 Å². The predicted molar refractivity (Wildman–Crippen MR) is 63.7 cm³/mol. The third-order valence-electron chi connectivity index (χ3n) is 1.13. The van der Waals surface area contributed by atoms with Crippen LogP contribution in [0.15, 0.2) is 34.9 Å². The molecule has 0 N–H and O–H groups in total. The summed E-state index contributed by atoms with van der Waals surface area (Å²) in [6.45, 7) is 7.32. The van der Waals surface area contributed by atoms with E-state index in [1.807, 2.05) is 28.2 Å². The van der Waals surface area contributed by atoms with E-state index in [2.05, 4.69) is 23.4 Å². The van der Waals surface area contributed by atoms with E-state index in [-0.39, 0.29) is 0 Å². The molecule has 0 heterocycles. The Kier molecular flexibility index (Phi) is 5.85. The summed E-state index contributed by atoms with van der Waals surface area (Å²) in [6, 6.07) is 0. The van der Waals surface area contributed by atoms with E-state index in [4.69, 9.17) is 4.74 Å². The quantitative estimate of drug-likeness (QED) is 0.375. The average Bonchev–Trinajstić information content (AvgIpc) is 2.11. The number of ether oxygens (including phenoxy) is 1. The van der Waals surface area contributed by atoms with Crippen LogP contribution in [0.4, 0.5) is 0 Å². The molecule has 15 heavy (non-hydrogen) atoms. The topological polar surface area (TPSA) is 40.4 Å². The Balaban J connectivity index is 4.03. The Morgan fingerprint density at radius 2 is 1.27 bits per heavy atom. The van der Waals surface area contributed by atoms with E-state index in [9.17, 15) is 0 Å². The van der Waals surface area contributed by atoms with Crippen molar-refractivity contribution in [3.05, 3.63) is 24.7 Å². The van der Waals surface area contributed by atoms with Crippen LogP contribution in [0.1, 0.15) is 0 Å². The fourth-order valence-corrected chi connectivity index (χ4v) is 0.581. The van der Waals surface area contributed by atoms with E-state index < -0.39 is 0 Å². The summed E-state index contributed by atoms with van der Waals surface area (Å²) < 4.78 is 5.21. The SMILES string of the molecule is C=C(/C=N/N(C)C)OC(=C)/C=N/N(C)C. The van der Waals surface area contributed by atoms with Crippen LogP contribution in [0.25, 0.3) is 0 Å². The van der Waals surface area contributed by atoms with E-state index in [1.165, 1.54) is 12.4 Å². The van der Waals surface area contributed by atoms with E-state index >= 15 is 0 Å². The number of allylic oxidation sites excluding steroid dienone is 2. The molecule has 0 amide bonds. The molecule has 0 saturated carbocycles. The number of hydrogen-bond acceptors (Lipinski definition) is 5. The van der Waals surface area contributed by atoms with Gasteiger partial charge in [0.15, 0.2) is 0 Å². The lowest BCUT2D eigenvalue weighted by Crippen LogP contribution is -2.05. The highest BCUT2D eigenvalue weighted by molar-refractivity contribution is 5.79. The Bertz CT molecular complexity index is 251. The van der Waals surface area contributed by atoms with Crippen molar-refractivity contribution in [2.45, 2.75) is 0 Å². The van der Waals surface area contributed by atoms with Crippen LogP contribution in [0.2, 0.25) is 0 Å². The van der Waals surface area contributed by atoms with Gasteiger partial charge in [-0.25, -0.2) is 0 Å². The third kappa shape index (κ3) is 8.55. The molecular formula is C10H18N4O. The molecule has 0 aromatic heterocycles. The standard InChI is InChI=1S/C10H18N4O/c1-9(7-11-13(3)4)15-10(2)8-12-14(5)6/h7-8H,1-2H2,3-6H3/b11-7+,12-8+. The summed E-state index contributed by atoms with van der Waals surface area (Å²) in [5.41, 5.74) is 0. The van der Waals surface area contributed by atoms with Crippen LogP contribution in [-0.2, 0) is 4.74 Å². The first-order valence-corrected chi connectivity index (χ1v) is 4.40. The summed E-state index contributed by atoms with van der Waals surface area (Å²) in [7, 11) is 7.25. The zero-order valence-electron chi connectivity index (χ0n) is 9.77. The molecule has 0 bridgehead atoms. The summed E-state index contributed by atoms with van der Waals surface area (Å²) >= 11 is 0. The van der Waals surface area contributed by atoms with Crippen molar-refractivity contribution >= 4 is 12.4 Å². The lowest BCUT2D eigenvalue weighted by Gasteiger charge is -2.07. The zero-order chi connectivity index (χ0) is 11.8. The first kappa shape index (κ1) is 13.2. The van der Waals surface area contributed by atoms with Gasteiger partial charge in [-0.2, -0.15) is 10.2 Å². The van der Waals surface area contributed by atoms with Gasteiger partial charge in [0.25, 0.3) is 0 Å². The van der Waals surface area contributed by atoms with Crippen LogP contribution in [-0.4, -0.2) is 50.6 Å². The van der Waals surface area contributed by atoms with Gasteiger partial charge in [-0.15, -0.1) is 0 Å². The largest absolute Gasteiger partial charge is 0.455 e. The second-order valence-electron chi connectivity index (χ2n) is 3.22. The molecule has 0 fully saturated rings. The Morgan fingerprint density at radius 1 is 0.933 bits per heavy atom. The van der Waals surface area contributed by atoms with E-state index in [1.54, 1.807) is 10.0 Å². The van der Waals surface area contributed by atoms with Crippen LogP contribution in [0, 0.1) is 0 Å². The van der Waals surface area contributed by atoms with Crippen molar-refractivity contribution in [1.29, 1.82) is 0 Å². The maximum atomic E-state index is 5.21. The monoisotopic (exact) mass is 210 g/mol. The molecular weight excluding hydrogens is 192 g/mol. The van der Waals surface area contributed by atoms with Gasteiger partial charge in [0.1, 0.15) is 11.5 Å². The maximum absolute atomic E-state index is 5.21. The van der Waals surface area contributed by atoms with Crippen molar-refractivity contribution in [3.63, 3.8) is 0 Å². The molecule has 0 spiro atoms. The number of rotatable bonds is 6. The second-order valence-corrected chi connectivity index (χ2v) is 3.22. The summed E-state index contributed by atoms with van der Waals surface area (Å²) in [5, 5.41) is 11.2. The highest BCUT2D eigenvalue weighted by Crippen LogP contribution is 1.98. The maximum Gasteiger partial charge on any atom is 0.140 e. The van der Waals surface area contributed by atoms with Gasteiger partial charge >= 0.3 is 0 Å². The van der Waals surface area contributed by atoms with Crippen molar-refractivity contribution in [2.24, 2.45) is 10.2 Å². The molecule has 0 saturated heterocycles. The third-order valence-corrected chi connectivity index (χ3v) is 1.13. The molecule has 0 atom stereocenters. The molecule has 0 aliphatic rings. The average molecular weight is 210 g/mol. The molecule has 0 aliphatic carbocycles. The van der Waals surface area contributed by atoms with Crippen molar-refractivity contribution in [1.82, 2.24) is 10.0 Å². The lowest BCUT2D eigenvalue weighted by atomic mass is 10.5. The molecule has 5 heteroatoms. The molecule has 0 aromatic carbocycles. The fraction of sp³-hybridized carbons (Fsp3) is 0.400. The van der Waals surface area contributed by atoms with E-state index in [0.717, 1.165) is 0 Å². The highest BCUT2D eigenvalue weighted by Gasteiger charge is 1.93.